The fraction of sp³-hybridized carbons (Fsp3) is 0.600. The first kappa shape index (κ1) is 17.0. The van der Waals surface area contributed by atoms with Crippen molar-refractivity contribution in [1.29, 1.82) is 0 Å². The Bertz CT molecular complexity index is 546. The van der Waals surface area contributed by atoms with Gasteiger partial charge in [-0.25, -0.2) is 8.78 Å². The van der Waals surface area contributed by atoms with Crippen molar-refractivity contribution in [2.45, 2.75) is 57.3 Å². The molecule has 0 aromatic heterocycles. The van der Waals surface area contributed by atoms with Crippen LogP contribution in [0.15, 0.2) is 24.8 Å². The Balaban J connectivity index is 1.64. The van der Waals surface area contributed by atoms with Crippen LogP contribution in [0.3, 0.4) is 0 Å². The summed E-state index contributed by atoms with van der Waals surface area (Å²) in [6.45, 7) is 3.82. The maximum absolute atomic E-state index is 13.7. The van der Waals surface area contributed by atoms with E-state index in [1.807, 2.05) is 6.08 Å². The molecule has 3 heteroatoms. The second-order valence-corrected chi connectivity index (χ2v) is 7.75. The smallest absolute Gasteiger partial charge is 0.145 e. The van der Waals surface area contributed by atoms with Gasteiger partial charge in [-0.15, -0.1) is 6.58 Å². The minimum Gasteiger partial charge on any atom is -0.205 e. The Labute approximate surface area is 142 Å². The van der Waals surface area contributed by atoms with Crippen molar-refractivity contribution in [3.8, 4) is 0 Å². The van der Waals surface area contributed by atoms with Crippen LogP contribution in [0.1, 0.15) is 62.8 Å². The van der Waals surface area contributed by atoms with E-state index in [2.05, 4.69) is 6.58 Å². The molecule has 2 fully saturated rings. The summed E-state index contributed by atoms with van der Waals surface area (Å²) in [7, 11) is 0. The molecule has 0 nitrogen and oxygen atoms in total. The molecule has 2 aliphatic rings. The minimum absolute atomic E-state index is 0.280. The highest BCUT2D eigenvalue weighted by atomic mass is 35.5. The normalized spacial score (nSPS) is 30.7. The van der Waals surface area contributed by atoms with Crippen molar-refractivity contribution in [1.82, 2.24) is 0 Å². The Morgan fingerprint density at radius 2 is 1.70 bits per heavy atom. The van der Waals surface area contributed by atoms with Gasteiger partial charge in [-0.1, -0.05) is 24.1 Å². The first-order valence-corrected chi connectivity index (χ1v) is 9.21. The predicted octanol–water partition coefficient (Wildman–Crippen LogP) is 6.88. The highest BCUT2D eigenvalue weighted by molar-refractivity contribution is 6.30. The van der Waals surface area contributed by atoms with Gasteiger partial charge < -0.3 is 0 Å². The second-order valence-electron chi connectivity index (χ2n) is 7.37. The van der Waals surface area contributed by atoms with Crippen LogP contribution in [0.25, 0.3) is 0 Å². The standard InChI is InChI=1S/C20H25ClF2/c1-2-3-4-13-5-6-15-10-16(8-7-14(15)9-13)17-11-18(22)20(21)19(23)12-17/h2,11-16H,1,3-10H2. The van der Waals surface area contributed by atoms with Crippen molar-refractivity contribution >= 4 is 11.6 Å². The van der Waals surface area contributed by atoms with E-state index in [0.29, 0.717) is 0 Å². The van der Waals surface area contributed by atoms with E-state index in [-0.39, 0.29) is 10.9 Å². The second kappa shape index (κ2) is 7.34. The molecule has 2 aliphatic carbocycles. The number of benzene rings is 1. The zero-order valence-electron chi connectivity index (χ0n) is 13.5. The fourth-order valence-electron chi connectivity index (χ4n) is 4.72. The van der Waals surface area contributed by atoms with Gasteiger partial charge in [0.25, 0.3) is 0 Å². The molecule has 0 aliphatic heterocycles. The molecule has 0 bridgehead atoms. The summed E-state index contributed by atoms with van der Waals surface area (Å²) in [6, 6.07) is 2.87. The van der Waals surface area contributed by atoms with Gasteiger partial charge in [0, 0.05) is 0 Å². The summed E-state index contributed by atoms with van der Waals surface area (Å²) >= 11 is 5.60. The lowest BCUT2D eigenvalue weighted by molar-refractivity contribution is 0.115. The van der Waals surface area contributed by atoms with Crippen LogP contribution >= 0.6 is 11.6 Å². The molecule has 0 saturated heterocycles. The van der Waals surface area contributed by atoms with Gasteiger partial charge in [0.05, 0.1) is 0 Å². The average Bonchev–Trinajstić information content (AvgIpc) is 2.56. The number of hydrogen-bond acceptors (Lipinski definition) is 0. The quantitative estimate of drug-likeness (QED) is 0.414. The zero-order chi connectivity index (χ0) is 16.4. The molecular formula is C20H25ClF2. The van der Waals surface area contributed by atoms with Gasteiger partial charge in [0.2, 0.25) is 0 Å². The number of halogens is 3. The van der Waals surface area contributed by atoms with E-state index in [4.69, 9.17) is 11.6 Å². The Hall–Kier alpha value is -0.890. The first-order valence-electron chi connectivity index (χ1n) is 8.83. The molecule has 126 valence electrons. The van der Waals surface area contributed by atoms with Crippen LogP contribution in [-0.2, 0) is 0 Å². The lowest BCUT2D eigenvalue weighted by atomic mass is 9.63. The highest BCUT2D eigenvalue weighted by Crippen LogP contribution is 2.48. The van der Waals surface area contributed by atoms with Crippen molar-refractivity contribution in [2.75, 3.05) is 0 Å². The molecule has 0 heterocycles. The summed E-state index contributed by atoms with van der Waals surface area (Å²) in [5.74, 6) is 1.39. The molecule has 0 radical (unpaired) electrons. The molecule has 0 amide bonds. The lowest BCUT2D eigenvalue weighted by Gasteiger charge is -2.42. The van der Waals surface area contributed by atoms with Crippen LogP contribution in [-0.4, -0.2) is 0 Å². The van der Waals surface area contributed by atoms with Crippen LogP contribution in [0.4, 0.5) is 8.78 Å². The van der Waals surface area contributed by atoms with E-state index < -0.39 is 11.6 Å². The topological polar surface area (TPSA) is 0 Å². The maximum Gasteiger partial charge on any atom is 0.145 e. The van der Waals surface area contributed by atoms with E-state index in [1.54, 1.807) is 0 Å². The number of hydrogen-bond donors (Lipinski definition) is 0. The Kier molecular flexibility index (Phi) is 5.41. The zero-order valence-corrected chi connectivity index (χ0v) is 14.3. The SMILES string of the molecule is C=CCCC1CCC2CC(c3cc(F)c(Cl)c(F)c3)CCC2C1. The van der Waals surface area contributed by atoms with Crippen molar-refractivity contribution in [3.63, 3.8) is 0 Å². The van der Waals surface area contributed by atoms with Gasteiger partial charge >= 0.3 is 0 Å². The third-order valence-electron chi connectivity index (χ3n) is 5.98. The van der Waals surface area contributed by atoms with E-state index in [1.165, 1.54) is 44.2 Å². The van der Waals surface area contributed by atoms with Gasteiger partial charge in [0.15, 0.2) is 0 Å². The van der Waals surface area contributed by atoms with Crippen LogP contribution in [0.5, 0.6) is 0 Å². The summed E-state index contributed by atoms with van der Waals surface area (Å²) in [5.41, 5.74) is 0.789. The van der Waals surface area contributed by atoms with E-state index in [9.17, 15) is 8.78 Å². The molecule has 1 aromatic rings. The monoisotopic (exact) mass is 338 g/mol. The largest absolute Gasteiger partial charge is 0.205 e. The molecule has 0 spiro atoms. The highest BCUT2D eigenvalue weighted by Gasteiger charge is 2.36. The van der Waals surface area contributed by atoms with Gasteiger partial charge in [-0.3, -0.25) is 0 Å². The average molecular weight is 339 g/mol. The van der Waals surface area contributed by atoms with Crippen molar-refractivity contribution < 1.29 is 8.78 Å². The molecule has 2 saturated carbocycles. The first-order chi connectivity index (χ1) is 11.1. The third kappa shape index (κ3) is 3.79. The molecule has 4 atom stereocenters. The fourth-order valence-corrected chi connectivity index (χ4v) is 4.82. The Morgan fingerprint density at radius 3 is 2.39 bits per heavy atom. The summed E-state index contributed by atoms with van der Waals surface area (Å²) in [6.07, 6.45) is 11.6. The molecule has 3 rings (SSSR count). The molecule has 0 N–H and O–H groups in total. The summed E-state index contributed by atoms with van der Waals surface area (Å²) < 4.78 is 27.4. The third-order valence-corrected chi connectivity index (χ3v) is 6.34. The number of rotatable bonds is 4. The maximum atomic E-state index is 13.7. The predicted molar refractivity (Wildman–Crippen MR) is 91.7 cm³/mol. The van der Waals surface area contributed by atoms with E-state index in [0.717, 1.165) is 42.6 Å². The van der Waals surface area contributed by atoms with Crippen LogP contribution < -0.4 is 0 Å². The summed E-state index contributed by atoms with van der Waals surface area (Å²) in [4.78, 5) is 0. The minimum atomic E-state index is -0.628. The van der Waals surface area contributed by atoms with Gasteiger partial charge in [0.1, 0.15) is 16.7 Å². The van der Waals surface area contributed by atoms with Crippen molar-refractivity contribution in [3.05, 3.63) is 47.0 Å². The number of fused-ring (bicyclic) bond motifs is 1. The van der Waals surface area contributed by atoms with Crippen molar-refractivity contribution in [2.24, 2.45) is 17.8 Å². The summed E-state index contributed by atoms with van der Waals surface area (Å²) in [5, 5.41) is -0.384. The lowest BCUT2D eigenvalue weighted by Crippen LogP contribution is -2.30. The number of allylic oxidation sites excluding steroid dienone is 1. The molecular weight excluding hydrogens is 314 g/mol. The van der Waals surface area contributed by atoms with Crippen LogP contribution in [0.2, 0.25) is 5.02 Å². The van der Waals surface area contributed by atoms with Crippen LogP contribution in [0, 0.1) is 29.4 Å². The Morgan fingerprint density at radius 1 is 1.04 bits per heavy atom. The molecule has 23 heavy (non-hydrogen) atoms. The molecule has 1 aromatic carbocycles. The van der Waals surface area contributed by atoms with Gasteiger partial charge in [-0.05, 0) is 86.3 Å². The molecule has 4 unspecified atom stereocenters. The van der Waals surface area contributed by atoms with Gasteiger partial charge in [-0.2, -0.15) is 0 Å². The van der Waals surface area contributed by atoms with E-state index >= 15 is 0 Å².